The summed E-state index contributed by atoms with van der Waals surface area (Å²) in [4.78, 5) is 2.33. The SMILES string of the molecule is CCCOc1ccccc1-c1c(C(C)C)cc(O)c(C)c1OC(C)N1CCNCC1.Cl. The third-order valence-corrected chi connectivity index (χ3v) is 5.73. The largest absolute Gasteiger partial charge is 0.508 e. The quantitative estimate of drug-likeness (QED) is 0.571. The Bertz CT molecular complexity index is 851. The molecule has 2 aromatic rings. The third kappa shape index (κ3) is 5.85. The minimum Gasteiger partial charge on any atom is -0.508 e. The second-order valence-corrected chi connectivity index (χ2v) is 8.32. The van der Waals surface area contributed by atoms with Gasteiger partial charge in [-0.15, -0.1) is 12.4 Å². The van der Waals surface area contributed by atoms with Crippen LogP contribution in [0.2, 0.25) is 0 Å². The standard InChI is InChI=1S/C25H36N2O3.ClH/c1-6-15-29-23-10-8-7-9-20(23)24-21(17(2)3)16-22(28)18(4)25(24)30-19(5)27-13-11-26-12-14-27;/h7-10,16-17,19,26,28H,6,11-15H2,1-5H3;1H. The molecule has 172 valence electrons. The first-order valence-electron chi connectivity index (χ1n) is 11.1. The van der Waals surface area contributed by atoms with Gasteiger partial charge in [0.2, 0.25) is 0 Å². The molecule has 0 spiro atoms. The Morgan fingerprint density at radius 1 is 1.13 bits per heavy atom. The first-order chi connectivity index (χ1) is 14.4. The van der Waals surface area contributed by atoms with Crippen LogP contribution < -0.4 is 14.8 Å². The van der Waals surface area contributed by atoms with E-state index in [0.29, 0.717) is 6.61 Å². The number of ether oxygens (including phenoxy) is 2. The molecule has 0 aromatic heterocycles. The van der Waals surface area contributed by atoms with Gasteiger partial charge in [-0.3, -0.25) is 4.90 Å². The van der Waals surface area contributed by atoms with Crippen LogP contribution in [0, 0.1) is 6.92 Å². The molecule has 1 fully saturated rings. The van der Waals surface area contributed by atoms with E-state index in [-0.39, 0.29) is 30.3 Å². The molecule has 3 rings (SSSR count). The van der Waals surface area contributed by atoms with Crippen LogP contribution >= 0.6 is 12.4 Å². The first-order valence-corrected chi connectivity index (χ1v) is 11.1. The summed E-state index contributed by atoms with van der Waals surface area (Å²) in [6.07, 6.45) is 0.860. The molecule has 1 atom stereocenters. The Labute approximate surface area is 193 Å². The lowest BCUT2D eigenvalue weighted by Crippen LogP contribution is -2.49. The van der Waals surface area contributed by atoms with Gasteiger partial charge in [-0.1, -0.05) is 39.0 Å². The van der Waals surface area contributed by atoms with Crippen LogP contribution in [0.15, 0.2) is 30.3 Å². The zero-order valence-electron chi connectivity index (χ0n) is 19.4. The van der Waals surface area contributed by atoms with Crippen molar-refractivity contribution in [3.05, 3.63) is 41.5 Å². The Balaban J connectivity index is 0.00000341. The van der Waals surface area contributed by atoms with E-state index in [0.717, 1.165) is 66.4 Å². The number of phenolic OH excluding ortho intramolecular Hbond substituents is 1. The molecule has 1 saturated heterocycles. The molecule has 0 saturated carbocycles. The minimum atomic E-state index is -0.0879. The highest BCUT2D eigenvalue weighted by Gasteiger charge is 2.26. The Morgan fingerprint density at radius 3 is 2.45 bits per heavy atom. The molecular formula is C25H37ClN2O3. The molecule has 0 bridgehead atoms. The highest BCUT2D eigenvalue weighted by atomic mass is 35.5. The molecule has 2 N–H and O–H groups in total. The Hall–Kier alpha value is -1.95. The number of benzene rings is 2. The van der Waals surface area contributed by atoms with Gasteiger partial charge in [0.05, 0.1) is 6.61 Å². The smallest absolute Gasteiger partial charge is 0.149 e. The molecule has 31 heavy (non-hydrogen) atoms. The number of hydrogen-bond acceptors (Lipinski definition) is 5. The summed E-state index contributed by atoms with van der Waals surface area (Å²) in [6, 6.07) is 10.0. The predicted molar refractivity (Wildman–Crippen MR) is 130 cm³/mol. The third-order valence-electron chi connectivity index (χ3n) is 5.73. The van der Waals surface area contributed by atoms with E-state index in [9.17, 15) is 5.11 Å². The van der Waals surface area contributed by atoms with Crippen molar-refractivity contribution in [3.63, 3.8) is 0 Å². The van der Waals surface area contributed by atoms with Crippen molar-refractivity contribution in [2.45, 2.75) is 53.2 Å². The zero-order chi connectivity index (χ0) is 21.7. The number of hydrogen-bond donors (Lipinski definition) is 2. The molecule has 6 heteroatoms. The van der Waals surface area contributed by atoms with Crippen molar-refractivity contribution in [2.75, 3.05) is 32.8 Å². The fourth-order valence-corrected chi connectivity index (χ4v) is 3.94. The maximum atomic E-state index is 10.7. The molecule has 5 nitrogen and oxygen atoms in total. The maximum absolute atomic E-state index is 10.7. The van der Waals surface area contributed by atoms with Crippen LogP contribution in [-0.4, -0.2) is 49.0 Å². The van der Waals surface area contributed by atoms with Gasteiger partial charge in [0, 0.05) is 42.9 Å². The van der Waals surface area contributed by atoms with Gasteiger partial charge in [-0.2, -0.15) is 0 Å². The van der Waals surface area contributed by atoms with Crippen molar-refractivity contribution in [1.82, 2.24) is 10.2 Å². The zero-order valence-corrected chi connectivity index (χ0v) is 20.2. The predicted octanol–water partition coefficient (Wildman–Crippen LogP) is 5.33. The highest BCUT2D eigenvalue weighted by molar-refractivity contribution is 5.85. The molecule has 0 aliphatic carbocycles. The normalized spacial score (nSPS) is 15.4. The van der Waals surface area contributed by atoms with Gasteiger partial charge >= 0.3 is 0 Å². The summed E-state index contributed by atoms with van der Waals surface area (Å²) in [6.45, 7) is 14.9. The lowest BCUT2D eigenvalue weighted by Gasteiger charge is -2.34. The van der Waals surface area contributed by atoms with Gasteiger partial charge in [0.25, 0.3) is 0 Å². The fourth-order valence-electron chi connectivity index (χ4n) is 3.94. The van der Waals surface area contributed by atoms with Crippen LogP contribution in [0.4, 0.5) is 0 Å². The summed E-state index contributed by atoms with van der Waals surface area (Å²) >= 11 is 0. The van der Waals surface area contributed by atoms with Crippen LogP contribution in [0.25, 0.3) is 11.1 Å². The number of halogens is 1. The van der Waals surface area contributed by atoms with Crippen molar-refractivity contribution in [2.24, 2.45) is 0 Å². The van der Waals surface area contributed by atoms with Crippen molar-refractivity contribution < 1.29 is 14.6 Å². The molecule has 0 radical (unpaired) electrons. The lowest BCUT2D eigenvalue weighted by molar-refractivity contribution is 0.0308. The number of piperazine rings is 1. The summed E-state index contributed by atoms with van der Waals surface area (Å²) in [5.74, 6) is 2.10. The van der Waals surface area contributed by atoms with E-state index in [2.05, 4.69) is 44.0 Å². The van der Waals surface area contributed by atoms with Gasteiger partial charge in [-0.05, 0) is 43.9 Å². The summed E-state index contributed by atoms with van der Waals surface area (Å²) in [5.41, 5.74) is 3.86. The van der Waals surface area contributed by atoms with Gasteiger partial charge in [0.15, 0.2) is 0 Å². The van der Waals surface area contributed by atoms with Crippen LogP contribution in [0.1, 0.15) is 51.2 Å². The molecular weight excluding hydrogens is 412 g/mol. The monoisotopic (exact) mass is 448 g/mol. The van der Waals surface area contributed by atoms with E-state index in [1.54, 1.807) is 0 Å². The molecule has 1 aliphatic rings. The average molecular weight is 449 g/mol. The molecule has 0 amide bonds. The maximum Gasteiger partial charge on any atom is 0.149 e. The van der Waals surface area contributed by atoms with Crippen LogP contribution in [0.5, 0.6) is 17.2 Å². The van der Waals surface area contributed by atoms with E-state index in [1.807, 2.05) is 31.2 Å². The molecule has 1 aliphatic heterocycles. The van der Waals surface area contributed by atoms with Crippen molar-refractivity contribution in [3.8, 4) is 28.4 Å². The van der Waals surface area contributed by atoms with Crippen molar-refractivity contribution in [1.29, 1.82) is 0 Å². The Kier molecular flexibility index (Phi) is 9.48. The lowest BCUT2D eigenvalue weighted by atomic mass is 9.89. The van der Waals surface area contributed by atoms with Crippen LogP contribution in [-0.2, 0) is 0 Å². The molecule has 1 heterocycles. The van der Waals surface area contributed by atoms with E-state index < -0.39 is 0 Å². The van der Waals surface area contributed by atoms with Gasteiger partial charge in [0.1, 0.15) is 23.5 Å². The van der Waals surface area contributed by atoms with Gasteiger partial charge in [-0.25, -0.2) is 0 Å². The summed E-state index contributed by atoms with van der Waals surface area (Å²) in [5, 5.41) is 14.1. The summed E-state index contributed by atoms with van der Waals surface area (Å²) in [7, 11) is 0. The van der Waals surface area contributed by atoms with E-state index in [4.69, 9.17) is 9.47 Å². The Morgan fingerprint density at radius 2 is 1.81 bits per heavy atom. The summed E-state index contributed by atoms with van der Waals surface area (Å²) < 4.78 is 12.7. The molecule has 2 aromatic carbocycles. The van der Waals surface area contributed by atoms with E-state index >= 15 is 0 Å². The molecule has 1 unspecified atom stereocenters. The first kappa shape index (κ1) is 25.3. The number of nitrogens with one attached hydrogen (secondary N) is 1. The average Bonchev–Trinajstić information content (AvgIpc) is 2.76. The minimum absolute atomic E-state index is 0. The number of aromatic hydroxyl groups is 1. The topological polar surface area (TPSA) is 54.0 Å². The number of rotatable bonds is 8. The second-order valence-electron chi connectivity index (χ2n) is 8.32. The van der Waals surface area contributed by atoms with Crippen LogP contribution in [0.3, 0.4) is 0 Å². The van der Waals surface area contributed by atoms with Crippen molar-refractivity contribution >= 4 is 12.4 Å². The highest BCUT2D eigenvalue weighted by Crippen LogP contribution is 2.46. The van der Waals surface area contributed by atoms with Gasteiger partial charge < -0.3 is 19.9 Å². The fraction of sp³-hybridized carbons (Fsp3) is 0.520. The number of nitrogens with zero attached hydrogens (tertiary/aromatic N) is 1. The number of phenols is 1. The van der Waals surface area contributed by atoms with E-state index in [1.165, 1.54) is 0 Å². The second kappa shape index (κ2) is 11.6. The number of para-hydroxylation sites is 1.